The minimum Gasteiger partial charge on any atom is -0.480 e. The van der Waals surface area contributed by atoms with Gasteiger partial charge in [-0.3, -0.25) is 4.98 Å². The lowest BCUT2D eigenvalue weighted by atomic mass is 9.86. The average Bonchev–Trinajstić information content (AvgIpc) is 3.45. The van der Waals surface area contributed by atoms with Crippen LogP contribution in [0.3, 0.4) is 0 Å². The molecule has 0 bridgehead atoms. The summed E-state index contributed by atoms with van der Waals surface area (Å²) in [5, 5.41) is 8.98. The van der Waals surface area contributed by atoms with Crippen LogP contribution < -0.4 is 4.74 Å². The van der Waals surface area contributed by atoms with Crippen LogP contribution in [0.1, 0.15) is 30.1 Å². The molecule has 0 unspecified atom stereocenters. The Kier molecular flexibility index (Phi) is 6.35. The minimum atomic E-state index is -3.65. The van der Waals surface area contributed by atoms with E-state index in [0.29, 0.717) is 35.5 Å². The van der Waals surface area contributed by atoms with Gasteiger partial charge in [0.15, 0.2) is 9.84 Å². The molecule has 1 fully saturated rings. The van der Waals surface area contributed by atoms with Crippen molar-refractivity contribution in [1.82, 2.24) is 29.5 Å². The summed E-state index contributed by atoms with van der Waals surface area (Å²) in [7, 11) is -0.268. The predicted molar refractivity (Wildman–Crippen MR) is 148 cm³/mol. The number of ether oxygens (including phenoxy) is 2. The van der Waals surface area contributed by atoms with Gasteiger partial charge in [-0.2, -0.15) is 0 Å². The van der Waals surface area contributed by atoms with Crippen LogP contribution in [0.2, 0.25) is 0 Å². The molecule has 4 aromatic heterocycles. The van der Waals surface area contributed by atoms with Crippen LogP contribution in [0.15, 0.2) is 53.7 Å². The number of fused-ring (bicyclic) bond motifs is 3. The van der Waals surface area contributed by atoms with E-state index in [2.05, 4.69) is 38.1 Å². The van der Waals surface area contributed by atoms with Crippen molar-refractivity contribution >= 4 is 31.8 Å². The molecule has 5 heterocycles. The third kappa shape index (κ3) is 4.25. The summed E-state index contributed by atoms with van der Waals surface area (Å²) in [5.41, 5.74) is 5.51. The number of methoxy groups -OCH3 is 1. The van der Waals surface area contributed by atoms with Gasteiger partial charge in [0.25, 0.3) is 0 Å². The van der Waals surface area contributed by atoms with E-state index in [-0.39, 0.29) is 16.9 Å². The van der Waals surface area contributed by atoms with Crippen molar-refractivity contribution in [3.05, 3.63) is 60.0 Å². The number of aromatic nitrogens is 6. The van der Waals surface area contributed by atoms with Gasteiger partial charge < -0.3 is 14.0 Å². The third-order valence-electron chi connectivity index (χ3n) is 7.58. The number of sulfone groups is 1. The molecule has 1 atom stereocenters. The lowest BCUT2D eigenvalue weighted by Crippen LogP contribution is -2.27. The van der Waals surface area contributed by atoms with E-state index in [4.69, 9.17) is 14.5 Å². The molecule has 6 rings (SSSR count). The van der Waals surface area contributed by atoms with Crippen molar-refractivity contribution in [3.63, 3.8) is 0 Å². The Labute approximate surface area is 226 Å². The molecule has 1 aliphatic rings. The predicted octanol–water partition coefficient (Wildman–Crippen LogP) is 4.12. The van der Waals surface area contributed by atoms with Crippen molar-refractivity contribution in [2.24, 2.45) is 13.0 Å². The molecule has 0 saturated carbocycles. The second-order valence-electron chi connectivity index (χ2n) is 10.0. The summed E-state index contributed by atoms with van der Waals surface area (Å²) in [4.78, 5) is 9.44. The normalized spacial score (nSPS) is 15.7. The van der Waals surface area contributed by atoms with Crippen LogP contribution in [-0.4, -0.2) is 64.5 Å². The van der Waals surface area contributed by atoms with E-state index >= 15 is 0 Å². The molecule has 1 saturated heterocycles. The van der Waals surface area contributed by atoms with Crippen molar-refractivity contribution in [2.75, 3.05) is 26.6 Å². The summed E-state index contributed by atoms with van der Waals surface area (Å²) in [5.74, 6) is 0.536. The number of nitrogens with zero attached hydrogens (tertiary/aromatic N) is 6. The van der Waals surface area contributed by atoms with E-state index < -0.39 is 9.84 Å². The highest BCUT2D eigenvalue weighted by molar-refractivity contribution is 7.91. The average molecular weight is 547 g/mol. The second kappa shape index (κ2) is 9.73. The van der Waals surface area contributed by atoms with Crippen LogP contribution in [-0.2, 0) is 21.6 Å². The van der Waals surface area contributed by atoms with E-state index in [1.54, 1.807) is 10.9 Å². The van der Waals surface area contributed by atoms with Crippen LogP contribution in [0.5, 0.6) is 5.88 Å². The molecule has 1 aliphatic heterocycles. The lowest BCUT2D eigenvalue weighted by Gasteiger charge is -2.33. The Morgan fingerprint density at radius 3 is 2.49 bits per heavy atom. The molecule has 0 amide bonds. The fraction of sp³-hybridized carbons (Fsp3) is 0.357. The number of pyridine rings is 2. The van der Waals surface area contributed by atoms with Crippen molar-refractivity contribution in [2.45, 2.75) is 30.7 Å². The molecule has 11 heteroatoms. The summed E-state index contributed by atoms with van der Waals surface area (Å²) < 4.78 is 41.7. The monoisotopic (exact) mass is 546 g/mol. The number of benzene rings is 1. The molecule has 0 N–H and O–H groups in total. The fourth-order valence-corrected chi connectivity index (χ4v) is 6.68. The SMILES string of the molecule is COc1ncc(S(C)(=O)=O)c2c1c1ncc(-c3c(C)nnn3C)cc1n2[C@H](c1ccccc1)C1CCOCC1. The molecule has 39 heavy (non-hydrogen) atoms. The van der Waals surface area contributed by atoms with Crippen LogP contribution in [0.4, 0.5) is 0 Å². The van der Waals surface area contributed by atoms with Gasteiger partial charge in [0.2, 0.25) is 5.88 Å². The van der Waals surface area contributed by atoms with Gasteiger partial charge in [-0.15, -0.1) is 5.10 Å². The first-order valence-corrected chi connectivity index (χ1v) is 14.7. The molecule has 5 aromatic rings. The third-order valence-corrected chi connectivity index (χ3v) is 8.68. The van der Waals surface area contributed by atoms with E-state index in [9.17, 15) is 8.42 Å². The maximum atomic E-state index is 13.2. The minimum absolute atomic E-state index is 0.143. The molecule has 0 spiro atoms. The maximum Gasteiger partial charge on any atom is 0.224 e. The van der Waals surface area contributed by atoms with E-state index in [0.717, 1.165) is 40.9 Å². The number of hydrogen-bond acceptors (Lipinski definition) is 8. The zero-order valence-electron chi connectivity index (χ0n) is 22.3. The summed E-state index contributed by atoms with van der Waals surface area (Å²) >= 11 is 0. The molecular formula is C28H30N6O4S. The Morgan fingerprint density at radius 2 is 1.85 bits per heavy atom. The van der Waals surface area contributed by atoms with Crippen molar-refractivity contribution < 1.29 is 17.9 Å². The van der Waals surface area contributed by atoms with Crippen LogP contribution in [0, 0.1) is 12.8 Å². The second-order valence-corrected chi connectivity index (χ2v) is 12.0. The standard InChI is InChI=1S/C28H30N6O4S/c1-17-25(33(2)32-31-17)20-14-21-24(29-15-20)23-27(22(39(4,35)36)16-30-28(23)37-3)34(21)26(18-8-6-5-7-9-18)19-10-12-38-13-11-19/h5-9,14-16,19,26H,10-13H2,1-4H3/t26-/m1/s1. The largest absolute Gasteiger partial charge is 0.480 e. The van der Waals surface area contributed by atoms with Crippen molar-refractivity contribution in [3.8, 4) is 17.1 Å². The first-order valence-electron chi connectivity index (χ1n) is 12.9. The number of rotatable bonds is 6. The first-order chi connectivity index (χ1) is 18.8. The zero-order valence-corrected chi connectivity index (χ0v) is 23.1. The fourth-order valence-electron chi connectivity index (χ4n) is 5.88. The van der Waals surface area contributed by atoms with Gasteiger partial charge in [-0.1, -0.05) is 35.5 Å². The molecular weight excluding hydrogens is 516 g/mol. The number of hydrogen-bond donors (Lipinski definition) is 0. The zero-order chi connectivity index (χ0) is 27.3. The van der Waals surface area contributed by atoms with Gasteiger partial charge in [-0.05, 0) is 37.3 Å². The van der Waals surface area contributed by atoms with Gasteiger partial charge in [0, 0.05) is 38.3 Å². The molecule has 202 valence electrons. The smallest absolute Gasteiger partial charge is 0.224 e. The maximum absolute atomic E-state index is 13.2. The van der Waals surface area contributed by atoms with Gasteiger partial charge in [-0.25, -0.2) is 18.1 Å². The van der Waals surface area contributed by atoms with Crippen LogP contribution in [0.25, 0.3) is 33.2 Å². The lowest BCUT2D eigenvalue weighted by molar-refractivity contribution is 0.0552. The van der Waals surface area contributed by atoms with Gasteiger partial charge in [0.1, 0.15) is 10.4 Å². The Balaban J connectivity index is 1.79. The molecule has 10 nitrogen and oxygen atoms in total. The highest BCUT2D eigenvalue weighted by Crippen LogP contribution is 2.44. The van der Waals surface area contributed by atoms with Gasteiger partial charge in [0.05, 0.1) is 47.2 Å². The summed E-state index contributed by atoms with van der Waals surface area (Å²) in [6, 6.07) is 12.1. The highest BCUT2D eigenvalue weighted by atomic mass is 32.2. The Hall–Kier alpha value is -3.83. The van der Waals surface area contributed by atoms with Gasteiger partial charge >= 0.3 is 0 Å². The molecule has 1 aromatic carbocycles. The quantitative estimate of drug-likeness (QED) is 0.313. The number of aryl methyl sites for hydroxylation is 2. The Morgan fingerprint density at radius 1 is 1.10 bits per heavy atom. The topological polar surface area (TPSA) is 114 Å². The van der Waals surface area contributed by atoms with E-state index in [1.165, 1.54) is 19.6 Å². The first kappa shape index (κ1) is 25.4. The summed E-state index contributed by atoms with van der Waals surface area (Å²) in [6.07, 6.45) is 6.07. The Bertz CT molecular complexity index is 1770. The summed E-state index contributed by atoms with van der Waals surface area (Å²) in [6.45, 7) is 3.21. The van der Waals surface area contributed by atoms with E-state index in [1.807, 2.05) is 32.2 Å². The van der Waals surface area contributed by atoms with Crippen LogP contribution >= 0.6 is 0 Å². The molecule has 0 aliphatic carbocycles. The molecule has 0 radical (unpaired) electrons. The van der Waals surface area contributed by atoms with Crippen molar-refractivity contribution in [1.29, 1.82) is 0 Å². The highest BCUT2D eigenvalue weighted by Gasteiger charge is 2.33.